The molecule has 1 aromatic rings. The van der Waals surface area contributed by atoms with Crippen LogP contribution >= 0.6 is 35.0 Å². The summed E-state index contributed by atoms with van der Waals surface area (Å²) in [5.74, 6) is 0.157. The molecule has 0 spiro atoms. The van der Waals surface area contributed by atoms with Crippen molar-refractivity contribution < 1.29 is 18.3 Å². The first-order valence-electron chi connectivity index (χ1n) is 6.30. The molecule has 0 radical (unpaired) electrons. The average molecular weight is 373 g/mol. The molecule has 22 heavy (non-hydrogen) atoms. The van der Waals surface area contributed by atoms with Crippen LogP contribution in [0.2, 0.25) is 10.0 Å². The van der Waals surface area contributed by atoms with E-state index in [4.69, 9.17) is 28.9 Å². The van der Waals surface area contributed by atoms with Crippen LogP contribution < -0.4 is 15.8 Å². The number of hydrogen-bond acceptors (Lipinski definition) is 4. The van der Waals surface area contributed by atoms with Gasteiger partial charge in [-0.25, -0.2) is 0 Å². The van der Waals surface area contributed by atoms with Crippen molar-refractivity contribution in [2.45, 2.75) is 25.6 Å². The van der Waals surface area contributed by atoms with Gasteiger partial charge in [-0.2, -0.15) is 20.5 Å². The molecule has 0 aliphatic carbocycles. The highest BCUT2D eigenvalue weighted by Crippen LogP contribution is 2.33. The molecule has 0 saturated carbocycles. The third-order valence-electron chi connectivity index (χ3n) is 2.72. The number of hydrogen-bond donors (Lipinski definition) is 2. The second kappa shape index (κ2) is 9.39. The van der Waals surface area contributed by atoms with E-state index in [9.17, 15) is 13.6 Å². The molecule has 3 N–H and O–H groups in total. The molecule has 0 fully saturated rings. The molecule has 4 nitrogen and oxygen atoms in total. The molecule has 124 valence electrons. The fourth-order valence-electron chi connectivity index (χ4n) is 1.66. The van der Waals surface area contributed by atoms with Gasteiger partial charge in [0.15, 0.2) is 0 Å². The zero-order valence-electron chi connectivity index (χ0n) is 11.7. The minimum absolute atomic E-state index is 0.0521. The summed E-state index contributed by atoms with van der Waals surface area (Å²) in [6.07, 6.45) is 2.43. The van der Waals surface area contributed by atoms with Crippen molar-refractivity contribution in [1.82, 2.24) is 5.32 Å². The highest BCUT2D eigenvalue weighted by molar-refractivity contribution is 7.98. The summed E-state index contributed by atoms with van der Waals surface area (Å²) in [5, 5.41) is 2.76. The summed E-state index contributed by atoms with van der Waals surface area (Å²) in [5.41, 5.74) is 5.97. The van der Waals surface area contributed by atoms with Gasteiger partial charge in [-0.3, -0.25) is 4.79 Å². The van der Waals surface area contributed by atoms with Crippen LogP contribution in [0, 0.1) is 0 Å². The molecule has 1 aromatic carbocycles. The number of alkyl halides is 2. The maximum Gasteiger partial charge on any atom is 0.387 e. The fourth-order valence-corrected chi connectivity index (χ4v) is 2.73. The van der Waals surface area contributed by atoms with Gasteiger partial charge in [-0.1, -0.05) is 23.2 Å². The van der Waals surface area contributed by atoms with Crippen LogP contribution in [-0.2, 0) is 11.3 Å². The number of thioether (sulfide) groups is 1. The summed E-state index contributed by atoms with van der Waals surface area (Å²) in [6, 6.07) is 2.02. The Morgan fingerprint density at radius 2 is 2.14 bits per heavy atom. The molecule has 1 amide bonds. The Hall–Kier alpha value is -0.760. The van der Waals surface area contributed by atoms with E-state index in [0.29, 0.717) is 6.42 Å². The van der Waals surface area contributed by atoms with Gasteiger partial charge in [-0.05, 0) is 30.6 Å². The lowest BCUT2D eigenvalue weighted by atomic mass is 10.1. The minimum atomic E-state index is -3.03. The zero-order valence-corrected chi connectivity index (χ0v) is 14.1. The smallest absolute Gasteiger partial charge is 0.387 e. The monoisotopic (exact) mass is 372 g/mol. The molecule has 0 heterocycles. The standard InChI is InChI=1S/C13H16Cl2F2N2O2S/c1-22-3-2-10(18)12(20)19-6-7-4-8(14)5-9(15)11(7)21-13(16)17/h4-5,10,13H,2-3,6,18H2,1H3,(H,19,20)/t10-/m0/s1. The molecule has 0 saturated heterocycles. The van der Waals surface area contributed by atoms with Crippen molar-refractivity contribution in [3.05, 3.63) is 27.7 Å². The lowest BCUT2D eigenvalue weighted by molar-refractivity contribution is -0.122. The van der Waals surface area contributed by atoms with Crippen molar-refractivity contribution in [2.24, 2.45) is 5.73 Å². The summed E-state index contributed by atoms with van der Waals surface area (Å²) >= 11 is 13.3. The van der Waals surface area contributed by atoms with E-state index in [2.05, 4.69) is 10.1 Å². The Kier molecular flexibility index (Phi) is 8.24. The van der Waals surface area contributed by atoms with Crippen molar-refractivity contribution in [3.63, 3.8) is 0 Å². The van der Waals surface area contributed by atoms with E-state index >= 15 is 0 Å². The summed E-state index contributed by atoms with van der Waals surface area (Å²) in [6.45, 7) is -3.09. The van der Waals surface area contributed by atoms with E-state index in [0.717, 1.165) is 5.75 Å². The second-order valence-corrected chi connectivity index (χ2v) is 6.19. The van der Waals surface area contributed by atoms with Gasteiger partial charge >= 0.3 is 6.61 Å². The van der Waals surface area contributed by atoms with Crippen LogP contribution in [0.1, 0.15) is 12.0 Å². The van der Waals surface area contributed by atoms with Gasteiger partial charge in [0.05, 0.1) is 11.1 Å². The van der Waals surface area contributed by atoms with Crippen LogP contribution in [0.25, 0.3) is 0 Å². The quantitative estimate of drug-likeness (QED) is 0.734. The van der Waals surface area contributed by atoms with Crippen LogP contribution in [0.4, 0.5) is 8.78 Å². The van der Waals surface area contributed by atoms with Gasteiger partial charge in [-0.15, -0.1) is 0 Å². The van der Waals surface area contributed by atoms with Gasteiger partial charge < -0.3 is 15.8 Å². The highest BCUT2D eigenvalue weighted by Gasteiger charge is 2.17. The topological polar surface area (TPSA) is 64.4 Å². The number of ether oxygens (including phenoxy) is 1. The minimum Gasteiger partial charge on any atom is -0.433 e. The molecule has 1 atom stereocenters. The Bertz CT molecular complexity index is 521. The van der Waals surface area contributed by atoms with Gasteiger partial charge in [0, 0.05) is 17.1 Å². The zero-order chi connectivity index (χ0) is 16.7. The van der Waals surface area contributed by atoms with E-state index in [1.807, 2.05) is 6.26 Å². The molecule has 1 rings (SSSR count). The van der Waals surface area contributed by atoms with Crippen molar-refractivity contribution in [3.8, 4) is 5.75 Å². The first kappa shape index (κ1) is 19.3. The van der Waals surface area contributed by atoms with E-state index in [1.165, 1.54) is 12.1 Å². The maximum atomic E-state index is 12.4. The summed E-state index contributed by atoms with van der Waals surface area (Å²) in [7, 11) is 0. The Morgan fingerprint density at radius 1 is 1.45 bits per heavy atom. The molecule has 0 aromatic heterocycles. The molecule has 9 heteroatoms. The highest BCUT2D eigenvalue weighted by atomic mass is 35.5. The summed E-state index contributed by atoms with van der Waals surface area (Å²) < 4.78 is 29.2. The Labute approximate surface area is 141 Å². The molecule has 0 unspecified atom stereocenters. The number of halogens is 4. The van der Waals surface area contributed by atoms with Crippen LogP contribution in [-0.4, -0.2) is 30.6 Å². The largest absolute Gasteiger partial charge is 0.433 e. The summed E-state index contributed by atoms with van der Waals surface area (Å²) in [4.78, 5) is 11.8. The van der Waals surface area contributed by atoms with Crippen LogP contribution in [0.3, 0.4) is 0 Å². The number of amides is 1. The average Bonchev–Trinajstić information content (AvgIpc) is 2.44. The molecule has 0 aliphatic heterocycles. The van der Waals surface area contributed by atoms with Crippen molar-refractivity contribution in [2.75, 3.05) is 12.0 Å². The number of nitrogens with one attached hydrogen (secondary N) is 1. The molecule has 0 aliphatic rings. The maximum absolute atomic E-state index is 12.4. The van der Waals surface area contributed by atoms with Gasteiger partial charge in [0.2, 0.25) is 5.91 Å². The van der Waals surface area contributed by atoms with E-state index in [-0.39, 0.29) is 33.8 Å². The SMILES string of the molecule is CSCC[C@H](N)C(=O)NCc1cc(Cl)cc(Cl)c1OC(F)F. The lowest BCUT2D eigenvalue weighted by Gasteiger charge is -2.15. The van der Waals surface area contributed by atoms with Crippen molar-refractivity contribution in [1.29, 1.82) is 0 Å². The normalized spacial score (nSPS) is 12.3. The van der Waals surface area contributed by atoms with Crippen LogP contribution in [0.15, 0.2) is 12.1 Å². The lowest BCUT2D eigenvalue weighted by Crippen LogP contribution is -2.40. The third-order valence-corrected chi connectivity index (χ3v) is 3.86. The Balaban J connectivity index is 2.77. The Morgan fingerprint density at radius 3 is 2.73 bits per heavy atom. The van der Waals surface area contributed by atoms with Crippen molar-refractivity contribution >= 4 is 40.9 Å². The third kappa shape index (κ3) is 6.16. The number of carbonyl (C=O) groups is 1. The van der Waals surface area contributed by atoms with E-state index < -0.39 is 12.7 Å². The predicted molar refractivity (Wildman–Crippen MR) is 85.9 cm³/mol. The number of carbonyl (C=O) groups excluding carboxylic acids is 1. The van der Waals surface area contributed by atoms with Crippen LogP contribution in [0.5, 0.6) is 5.75 Å². The molecule has 0 bridgehead atoms. The first-order chi connectivity index (χ1) is 10.3. The fraction of sp³-hybridized carbons (Fsp3) is 0.462. The van der Waals surface area contributed by atoms with Gasteiger partial charge in [0.1, 0.15) is 5.75 Å². The second-order valence-electron chi connectivity index (χ2n) is 4.36. The van der Waals surface area contributed by atoms with E-state index in [1.54, 1.807) is 11.8 Å². The number of benzene rings is 1. The molecular weight excluding hydrogens is 357 g/mol. The van der Waals surface area contributed by atoms with Gasteiger partial charge in [0.25, 0.3) is 0 Å². The first-order valence-corrected chi connectivity index (χ1v) is 8.45. The predicted octanol–water partition coefficient (Wildman–Crippen LogP) is 3.29. The number of nitrogens with two attached hydrogens (primary N) is 1. The number of rotatable bonds is 8. The molecular formula is C13H16Cl2F2N2O2S.